The van der Waals surface area contributed by atoms with Gasteiger partial charge in [-0.1, -0.05) is 12.2 Å². The Kier molecular flexibility index (Phi) is 4.94. The molecule has 110 valence electrons. The molecule has 20 heavy (non-hydrogen) atoms. The van der Waals surface area contributed by atoms with E-state index in [1.54, 1.807) is 0 Å². The van der Waals surface area contributed by atoms with Crippen molar-refractivity contribution in [3.63, 3.8) is 0 Å². The number of thiocarbonyl (C=S) groups is 1. The molecule has 1 heterocycles. The summed E-state index contributed by atoms with van der Waals surface area (Å²) in [5.74, 6) is 0.804. The highest BCUT2D eigenvalue weighted by Gasteiger charge is 2.21. The number of hydrogen-bond donors (Lipinski definition) is 1. The Balaban J connectivity index is 2.02. The zero-order chi connectivity index (χ0) is 14.7. The first kappa shape index (κ1) is 15.2. The fourth-order valence-electron chi connectivity index (χ4n) is 2.27. The molecule has 1 saturated carbocycles. The monoisotopic (exact) mass is 293 g/mol. The van der Waals surface area contributed by atoms with E-state index in [0.29, 0.717) is 4.99 Å². The molecule has 0 radical (unpaired) electrons. The number of anilines is 1. The van der Waals surface area contributed by atoms with Gasteiger partial charge in [0.05, 0.1) is 17.9 Å². The van der Waals surface area contributed by atoms with E-state index in [-0.39, 0.29) is 0 Å². The van der Waals surface area contributed by atoms with Gasteiger partial charge in [-0.25, -0.2) is 0 Å². The molecule has 1 aliphatic rings. The largest absolute Gasteiger partial charge is 0.389 e. The maximum absolute atomic E-state index is 5.84. The molecule has 0 aromatic carbocycles. The van der Waals surface area contributed by atoms with Gasteiger partial charge in [0.25, 0.3) is 0 Å². The van der Waals surface area contributed by atoms with Crippen LogP contribution in [0, 0.1) is 19.8 Å². The van der Waals surface area contributed by atoms with E-state index in [0.717, 1.165) is 48.3 Å². The van der Waals surface area contributed by atoms with Gasteiger partial charge in [-0.3, -0.25) is 4.98 Å². The number of hydrogen-bond acceptors (Lipinski definition) is 4. The van der Waals surface area contributed by atoms with Crippen molar-refractivity contribution in [2.24, 2.45) is 11.7 Å². The predicted octanol–water partition coefficient (Wildman–Crippen LogP) is 2.20. The van der Waals surface area contributed by atoms with Crippen molar-refractivity contribution in [1.82, 2.24) is 4.98 Å². The lowest BCUT2D eigenvalue weighted by Gasteiger charge is -2.23. The molecule has 1 aromatic heterocycles. The van der Waals surface area contributed by atoms with Crippen LogP contribution < -0.4 is 10.6 Å². The Labute approximate surface area is 126 Å². The minimum absolute atomic E-state index is 0.399. The summed E-state index contributed by atoms with van der Waals surface area (Å²) < 4.78 is 5.69. The molecule has 0 amide bonds. The van der Waals surface area contributed by atoms with Crippen LogP contribution in [0.4, 0.5) is 5.69 Å². The maximum atomic E-state index is 5.84. The standard InChI is InChI=1S/C15H23N3OS/c1-10-8-13(14(15(16)20)11(2)17-10)18(3)6-7-19-9-12-4-5-12/h8,12H,4-7,9H2,1-3H3,(H2,16,20). The third-order valence-corrected chi connectivity index (χ3v) is 3.79. The minimum Gasteiger partial charge on any atom is -0.389 e. The molecule has 2 N–H and O–H groups in total. The van der Waals surface area contributed by atoms with Crippen molar-refractivity contribution in [3.05, 3.63) is 23.0 Å². The zero-order valence-electron chi connectivity index (χ0n) is 12.5. The summed E-state index contributed by atoms with van der Waals surface area (Å²) in [6, 6.07) is 2.03. The van der Waals surface area contributed by atoms with Crippen molar-refractivity contribution >= 4 is 22.9 Å². The van der Waals surface area contributed by atoms with Crippen LogP contribution in [-0.2, 0) is 4.74 Å². The van der Waals surface area contributed by atoms with Crippen LogP contribution in [0.15, 0.2) is 6.07 Å². The molecule has 0 bridgehead atoms. The lowest BCUT2D eigenvalue weighted by atomic mass is 10.1. The van der Waals surface area contributed by atoms with Crippen LogP contribution in [-0.4, -0.2) is 36.8 Å². The molecule has 0 saturated heterocycles. The van der Waals surface area contributed by atoms with Gasteiger partial charge < -0.3 is 15.4 Å². The number of aryl methyl sites for hydroxylation is 2. The summed E-state index contributed by atoms with van der Waals surface area (Å²) in [5, 5.41) is 0. The predicted molar refractivity (Wildman–Crippen MR) is 86.4 cm³/mol. The fraction of sp³-hybridized carbons (Fsp3) is 0.600. The molecule has 0 unspecified atom stereocenters. The Bertz CT molecular complexity index is 500. The highest BCUT2D eigenvalue weighted by molar-refractivity contribution is 7.80. The number of likely N-dealkylation sites (N-methyl/N-ethyl adjacent to an activating group) is 1. The van der Waals surface area contributed by atoms with Crippen molar-refractivity contribution in [1.29, 1.82) is 0 Å². The molecule has 5 heteroatoms. The summed E-state index contributed by atoms with van der Waals surface area (Å²) in [6.45, 7) is 6.37. The second-order valence-electron chi connectivity index (χ2n) is 5.55. The summed E-state index contributed by atoms with van der Waals surface area (Å²) in [5.41, 5.74) is 9.61. The van der Waals surface area contributed by atoms with Crippen LogP contribution in [0.3, 0.4) is 0 Å². The third-order valence-electron chi connectivity index (χ3n) is 3.59. The van der Waals surface area contributed by atoms with Gasteiger partial charge in [-0.15, -0.1) is 0 Å². The van der Waals surface area contributed by atoms with Crippen molar-refractivity contribution in [2.75, 3.05) is 31.7 Å². The molecular weight excluding hydrogens is 270 g/mol. The number of aromatic nitrogens is 1. The zero-order valence-corrected chi connectivity index (χ0v) is 13.3. The number of rotatable bonds is 7. The average molecular weight is 293 g/mol. The number of nitrogens with zero attached hydrogens (tertiary/aromatic N) is 2. The van der Waals surface area contributed by atoms with E-state index < -0.39 is 0 Å². The van der Waals surface area contributed by atoms with E-state index in [1.165, 1.54) is 12.8 Å². The fourth-order valence-corrected chi connectivity index (χ4v) is 2.52. The van der Waals surface area contributed by atoms with E-state index in [2.05, 4.69) is 9.88 Å². The minimum atomic E-state index is 0.399. The number of pyridine rings is 1. The highest BCUT2D eigenvalue weighted by Crippen LogP contribution is 2.28. The highest BCUT2D eigenvalue weighted by atomic mass is 32.1. The molecule has 0 spiro atoms. The lowest BCUT2D eigenvalue weighted by Crippen LogP contribution is -2.27. The first-order chi connectivity index (χ1) is 9.49. The molecule has 1 aromatic rings. The first-order valence-electron chi connectivity index (χ1n) is 7.06. The Morgan fingerprint density at radius 1 is 1.50 bits per heavy atom. The summed E-state index contributed by atoms with van der Waals surface area (Å²) in [4.78, 5) is 6.98. The molecule has 2 rings (SSSR count). The molecular formula is C15H23N3OS. The lowest BCUT2D eigenvalue weighted by molar-refractivity contribution is 0.131. The second-order valence-corrected chi connectivity index (χ2v) is 5.99. The van der Waals surface area contributed by atoms with Gasteiger partial charge >= 0.3 is 0 Å². The summed E-state index contributed by atoms with van der Waals surface area (Å²) in [6.07, 6.45) is 2.65. The normalized spacial score (nSPS) is 14.3. The molecule has 0 atom stereocenters. The second kappa shape index (κ2) is 6.50. The number of nitrogens with two attached hydrogens (primary N) is 1. The Hall–Kier alpha value is -1.20. The molecule has 0 aliphatic heterocycles. The number of ether oxygens (including phenoxy) is 1. The maximum Gasteiger partial charge on any atom is 0.107 e. The SMILES string of the molecule is Cc1cc(N(C)CCOCC2CC2)c(C(N)=S)c(C)n1. The van der Waals surface area contributed by atoms with E-state index >= 15 is 0 Å². The summed E-state index contributed by atoms with van der Waals surface area (Å²) >= 11 is 5.16. The van der Waals surface area contributed by atoms with Crippen LogP contribution >= 0.6 is 12.2 Å². The quantitative estimate of drug-likeness (QED) is 0.617. The van der Waals surface area contributed by atoms with Crippen LogP contribution in [0.25, 0.3) is 0 Å². The van der Waals surface area contributed by atoms with E-state index in [4.69, 9.17) is 22.7 Å². The van der Waals surface area contributed by atoms with E-state index in [9.17, 15) is 0 Å². The van der Waals surface area contributed by atoms with Gasteiger partial charge in [-0.05, 0) is 38.7 Å². The van der Waals surface area contributed by atoms with Crippen LogP contribution in [0.5, 0.6) is 0 Å². The van der Waals surface area contributed by atoms with Gasteiger partial charge in [-0.2, -0.15) is 0 Å². The van der Waals surface area contributed by atoms with Gasteiger partial charge in [0.15, 0.2) is 0 Å². The van der Waals surface area contributed by atoms with Gasteiger partial charge in [0, 0.05) is 31.6 Å². The topological polar surface area (TPSA) is 51.4 Å². The molecule has 1 aliphatic carbocycles. The summed E-state index contributed by atoms with van der Waals surface area (Å²) in [7, 11) is 2.04. The third kappa shape index (κ3) is 3.90. The van der Waals surface area contributed by atoms with Crippen molar-refractivity contribution in [2.45, 2.75) is 26.7 Å². The molecule has 4 nitrogen and oxygen atoms in total. The van der Waals surface area contributed by atoms with Crippen molar-refractivity contribution in [3.8, 4) is 0 Å². The first-order valence-corrected chi connectivity index (χ1v) is 7.46. The smallest absolute Gasteiger partial charge is 0.107 e. The average Bonchev–Trinajstić information content (AvgIpc) is 3.16. The Morgan fingerprint density at radius 3 is 2.80 bits per heavy atom. The van der Waals surface area contributed by atoms with Gasteiger partial charge in [0.2, 0.25) is 0 Å². The van der Waals surface area contributed by atoms with Crippen LogP contribution in [0.1, 0.15) is 29.8 Å². The van der Waals surface area contributed by atoms with Crippen LogP contribution in [0.2, 0.25) is 0 Å². The van der Waals surface area contributed by atoms with Crippen molar-refractivity contribution < 1.29 is 4.74 Å². The van der Waals surface area contributed by atoms with Gasteiger partial charge in [0.1, 0.15) is 4.99 Å². The molecule has 1 fully saturated rings. The van der Waals surface area contributed by atoms with E-state index in [1.807, 2.05) is 27.0 Å². The Morgan fingerprint density at radius 2 is 2.20 bits per heavy atom.